The predicted octanol–water partition coefficient (Wildman–Crippen LogP) is 1.87. The van der Waals surface area contributed by atoms with Crippen molar-refractivity contribution in [1.82, 2.24) is 0 Å². The van der Waals surface area contributed by atoms with E-state index in [1.807, 2.05) is 54.6 Å². The molecule has 0 fully saturated rings. The summed E-state index contributed by atoms with van der Waals surface area (Å²) in [7, 11) is 1.64. The monoisotopic (exact) mass is 342 g/mol. The third kappa shape index (κ3) is 3.33. The Morgan fingerprint density at radius 1 is 1.00 bits per heavy atom. The second-order valence-electron chi connectivity index (χ2n) is 3.43. The summed E-state index contributed by atoms with van der Waals surface area (Å²) < 4.78 is 6.48. The molecule has 17 heavy (non-hydrogen) atoms. The van der Waals surface area contributed by atoms with Gasteiger partial charge in [0.25, 0.3) is 0 Å². The van der Waals surface area contributed by atoms with E-state index in [0.29, 0.717) is 0 Å². The van der Waals surface area contributed by atoms with Crippen molar-refractivity contribution in [2.45, 2.75) is 0 Å². The van der Waals surface area contributed by atoms with Gasteiger partial charge in [0, 0.05) is 0 Å². The molecule has 2 rings (SSSR count). The molecule has 0 radical (unpaired) electrons. The van der Waals surface area contributed by atoms with E-state index in [0.717, 1.165) is 14.9 Å². The normalized spacial score (nSPS) is 9.94. The fourth-order valence-corrected chi connectivity index (χ4v) is 3.50. The molecule has 3 heteroatoms. The molecule has 0 amide bonds. The zero-order chi connectivity index (χ0) is 12.1. The maximum absolute atomic E-state index is 12.0. The minimum atomic E-state index is -0.818. The molecule has 2 nitrogen and oxygen atoms in total. The standard InChI is InChI=1S/C14H12O2Te/c1-16-12-7-9-13(10-8-12)17-14(15)11-5-3-2-4-6-11/h2-10H,1H3. The first-order valence-electron chi connectivity index (χ1n) is 5.21. The molecule has 0 saturated carbocycles. The van der Waals surface area contributed by atoms with Crippen LogP contribution >= 0.6 is 0 Å². The summed E-state index contributed by atoms with van der Waals surface area (Å²) in [4.78, 5) is 12.0. The van der Waals surface area contributed by atoms with Crippen molar-refractivity contribution >= 4 is 28.4 Å². The van der Waals surface area contributed by atoms with Crippen molar-refractivity contribution in [3.8, 4) is 5.75 Å². The molecule has 0 aliphatic carbocycles. The van der Waals surface area contributed by atoms with E-state index in [2.05, 4.69) is 0 Å². The zero-order valence-corrected chi connectivity index (χ0v) is 11.8. The van der Waals surface area contributed by atoms with Crippen molar-refractivity contribution in [2.24, 2.45) is 0 Å². The molecular weight excluding hydrogens is 328 g/mol. The van der Waals surface area contributed by atoms with Gasteiger partial charge in [0.1, 0.15) is 0 Å². The van der Waals surface area contributed by atoms with Gasteiger partial charge < -0.3 is 0 Å². The molecular formula is C14H12O2Te. The van der Waals surface area contributed by atoms with Crippen molar-refractivity contribution in [1.29, 1.82) is 0 Å². The number of methoxy groups -OCH3 is 1. The summed E-state index contributed by atoms with van der Waals surface area (Å²) in [6.07, 6.45) is 0. The van der Waals surface area contributed by atoms with Gasteiger partial charge >= 0.3 is 111 Å². The summed E-state index contributed by atoms with van der Waals surface area (Å²) in [6.45, 7) is 0. The Kier molecular flexibility index (Phi) is 4.19. The number of benzene rings is 2. The molecule has 86 valence electrons. The van der Waals surface area contributed by atoms with Crippen LogP contribution in [0.25, 0.3) is 0 Å². The van der Waals surface area contributed by atoms with Crippen LogP contribution in [0.15, 0.2) is 54.6 Å². The van der Waals surface area contributed by atoms with E-state index in [9.17, 15) is 4.79 Å². The van der Waals surface area contributed by atoms with Gasteiger partial charge in [-0.3, -0.25) is 0 Å². The summed E-state index contributed by atoms with van der Waals surface area (Å²) in [5.74, 6) is 0.827. The van der Waals surface area contributed by atoms with E-state index >= 15 is 0 Å². The zero-order valence-electron chi connectivity index (χ0n) is 9.42. The van der Waals surface area contributed by atoms with Crippen LogP contribution < -0.4 is 8.35 Å². The van der Waals surface area contributed by atoms with E-state index in [1.54, 1.807) is 7.11 Å². The van der Waals surface area contributed by atoms with Crippen molar-refractivity contribution in [3.05, 3.63) is 60.2 Å². The summed E-state index contributed by atoms with van der Waals surface area (Å²) in [5, 5.41) is 0. The average molecular weight is 340 g/mol. The average Bonchev–Trinajstić information content (AvgIpc) is 2.40. The van der Waals surface area contributed by atoms with Gasteiger partial charge in [-0.05, 0) is 0 Å². The molecule has 0 bridgehead atoms. The van der Waals surface area contributed by atoms with Crippen LogP contribution in [-0.4, -0.2) is 31.9 Å². The maximum atomic E-state index is 12.0. The van der Waals surface area contributed by atoms with Crippen LogP contribution in [0.5, 0.6) is 5.75 Å². The first kappa shape index (κ1) is 12.2. The Hall–Kier alpha value is -1.30. The number of carbonyl (C=O) groups is 1. The molecule has 0 spiro atoms. The molecule has 0 saturated heterocycles. The molecule has 0 aromatic heterocycles. The molecule has 0 unspecified atom stereocenters. The quantitative estimate of drug-likeness (QED) is 0.795. The van der Waals surface area contributed by atoms with Gasteiger partial charge in [-0.1, -0.05) is 0 Å². The number of hydrogen-bond acceptors (Lipinski definition) is 2. The first-order chi connectivity index (χ1) is 8.29. The first-order valence-corrected chi connectivity index (χ1v) is 7.54. The fraction of sp³-hybridized carbons (Fsp3) is 0.0714. The summed E-state index contributed by atoms with van der Waals surface area (Å²) in [6, 6.07) is 17.2. The predicted molar refractivity (Wildman–Crippen MR) is 69.2 cm³/mol. The Bertz CT molecular complexity index is 491. The Balaban J connectivity index is 2.08. The van der Waals surface area contributed by atoms with Gasteiger partial charge in [0.15, 0.2) is 0 Å². The molecule has 0 N–H and O–H groups in total. The molecule has 0 heterocycles. The van der Waals surface area contributed by atoms with Gasteiger partial charge in [-0.2, -0.15) is 0 Å². The Morgan fingerprint density at radius 2 is 1.65 bits per heavy atom. The van der Waals surface area contributed by atoms with E-state index in [1.165, 1.54) is 0 Å². The second kappa shape index (κ2) is 5.86. The number of hydrogen-bond donors (Lipinski definition) is 0. The van der Waals surface area contributed by atoms with Crippen molar-refractivity contribution < 1.29 is 9.53 Å². The van der Waals surface area contributed by atoms with Gasteiger partial charge in [-0.25, -0.2) is 0 Å². The van der Waals surface area contributed by atoms with Gasteiger partial charge in [-0.15, -0.1) is 0 Å². The topological polar surface area (TPSA) is 26.3 Å². The van der Waals surface area contributed by atoms with E-state index < -0.39 is 20.9 Å². The van der Waals surface area contributed by atoms with E-state index in [4.69, 9.17) is 4.74 Å². The summed E-state index contributed by atoms with van der Waals surface area (Å²) in [5.41, 5.74) is 0.811. The SMILES string of the molecule is COc1ccc([Te]C(=O)c2ccccc2)cc1. The van der Waals surface area contributed by atoms with E-state index in [-0.39, 0.29) is 3.83 Å². The minimum absolute atomic E-state index is 0.265. The number of carbonyl (C=O) groups excluding carboxylic acids is 1. The van der Waals surface area contributed by atoms with Crippen LogP contribution in [0.3, 0.4) is 0 Å². The number of rotatable bonds is 4. The Morgan fingerprint density at radius 3 is 2.24 bits per heavy atom. The van der Waals surface area contributed by atoms with Crippen LogP contribution in [-0.2, 0) is 0 Å². The van der Waals surface area contributed by atoms with Crippen LogP contribution in [0, 0.1) is 0 Å². The third-order valence-corrected chi connectivity index (χ3v) is 4.93. The number of ether oxygens (including phenoxy) is 1. The molecule has 2 aromatic carbocycles. The summed E-state index contributed by atoms with van der Waals surface area (Å²) >= 11 is -0.818. The van der Waals surface area contributed by atoms with Crippen molar-refractivity contribution in [2.75, 3.05) is 7.11 Å². The van der Waals surface area contributed by atoms with Crippen molar-refractivity contribution in [3.63, 3.8) is 0 Å². The fourth-order valence-electron chi connectivity index (χ4n) is 1.38. The van der Waals surface area contributed by atoms with Gasteiger partial charge in [0.2, 0.25) is 0 Å². The van der Waals surface area contributed by atoms with Gasteiger partial charge in [0.05, 0.1) is 0 Å². The van der Waals surface area contributed by atoms with Crippen LogP contribution in [0.4, 0.5) is 0 Å². The van der Waals surface area contributed by atoms with Crippen LogP contribution in [0.1, 0.15) is 10.4 Å². The molecule has 0 atom stereocenters. The second-order valence-corrected chi connectivity index (χ2v) is 6.42. The third-order valence-electron chi connectivity index (χ3n) is 2.28. The molecule has 0 aliphatic heterocycles. The molecule has 0 aliphatic rings. The Labute approximate surface area is 111 Å². The molecule has 2 aromatic rings. The van der Waals surface area contributed by atoms with Crippen LogP contribution in [0.2, 0.25) is 0 Å².